The van der Waals surface area contributed by atoms with Crippen molar-refractivity contribution in [2.45, 2.75) is 26.7 Å². The molecule has 3 amide bonds. The van der Waals surface area contributed by atoms with Crippen LogP contribution in [-0.2, 0) is 11.2 Å². The topological polar surface area (TPSA) is 70.2 Å². The standard InChI is InChI=1S/C19H22FN3O2/c1-3-21-19(25)22-16-10-4-13(2)17(12-16)23-18(24)11-7-14-5-8-15(20)9-6-14/h4-6,8-10,12H,3,7,11H2,1-2H3,(H,23,24)(H2,21,22,25). The molecule has 0 fully saturated rings. The van der Waals surface area contributed by atoms with Crippen LogP contribution in [0.4, 0.5) is 20.6 Å². The molecule has 6 heteroatoms. The van der Waals surface area contributed by atoms with Gasteiger partial charge in [0, 0.05) is 24.3 Å². The number of hydrogen-bond donors (Lipinski definition) is 3. The molecule has 2 rings (SSSR count). The molecule has 3 N–H and O–H groups in total. The Hall–Kier alpha value is -2.89. The quantitative estimate of drug-likeness (QED) is 0.746. The van der Waals surface area contributed by atoms with Crippen molar-refractivity contribution in [3.63, 3.8) is 0 Å². The van der Waals surface area contributed by atoms with Crippen molar-refractivity contribution in [3.8, 4) is 0 Å². The minimum Gasteiger partial charge on any atom is -0.338 e. The van der Waals surface area contributed by atoms with E-state index in [1.54, 1.807) is 24.3 Å². The highest BCUT2D eigenvalue weighted by Gasteiger charge is 2.08. The molecule has 0 radical (unpaired) electrons. The maximum atomic E-state index is 12.9. The third kappa shape index (κ3) is 5.91. The van der Waals surface area contributed by atoms with Crippen molar-refractivity contribution in [3.05, 3.63) is 59.4 Å². The van der Waals surface area contributed by atoms with Gasteiger partial charge in [0.25, 0.3) is 0 Å². The summed E-state index contributed by atoms with van der Waals surface area (Å²) in [6.45, 7) is 4.25. The van der Waals surface area contributed by atoms with Crippen LogP contribution in [0, 0.1) is 12.7 Å². The Morgan fingerprint density at radius 1 is 1.04 bits per heavy atom. The number of amides is 3. The van der Waals surface area contributed by atoms with Gasteiger partial charge in [0.2, 0.25) is 5.91 Å². The lowest BCUT2D eigenvalue weighted by atomic mass is 10.1. The molecule has 0 aliphatic rings. The second-order valence-electron chi connectivity index (χ2n) is 5.69. The summed E-state index contributed by atoms with van der Waals surface area (Å²) in [5.74, 6) is -0.428. The van der Waals surface area contributed by atoms with E-state index in [9.17, 15) is 14.0 Å². The average Bonchev–Trinajstić information content (AvgIpc) is 2.57. The number of benzene rings is 2. The molecule has 2 aromatic rings. The highest BCUT2D eigenvalue weighted by atomic mass is 19.1. The van der Waals surface area contributed by atoms with Gasteiger partial charge in [0.1, 0.15) is 5.82 Å². The summed E-state index contributed by atoms with van der Waals surface area (Å²) in [4.78, 5) is 23.7. The Labute approximate surface area is 146 Å². The largest absolute Gasteiger partial charge is 0.338 e. The Balaban J connectivity index is 1.94. The molecule has 0 aliphatic heterocycles. The van der Waals surface area contributed by atoms with Gasteiger partial charge >= 0.3 is 6.03 Å². The maximum absolute atomic E-state index is 12.9. The van der Waals surface area contributed by atoms with Crippen LogP contribution in [0.1, 0.15) is 24.5 Å². The summed E-state index contributed by atoms with van der Waals surface area (Å²) in [5.41, 5.74) is 3.06. The highest BCUT2D eigenvalue weighted by Crippen LogP contribution is 2.20. The second-order valence-corrected chi connectivity index (χ2v) is 5.69. The van der Waals surface area contributed by atoms with Crippen LogP contribution in [0.25, 0.3) is 0 Å². The molecule has 2 aromatic carbocycles. The van der Waals surface area contributed by atoms with E-state index >= 15 is 0 Å². The molecule has 25 heavy (non-hydrogen) atoms. The molecule has 0 heterocycles. The minimum absolute atomic E-state index is 0.136. The van der Waals surface area contributed by atoms with Gasteiger partial charge in [-0.3, -0.25) is 4.79 Å². The molecule has 0 unspecified atom stereocenters. The van der Waals surface area contributed by atoms with Gasteiger partial charge in [0.15, 0.2) is 0 Å². The van der Waals surface area contributed by atoms with E-state index in [-0.39, 0.29) is 17.8 Å². The van der Waals surface area contributed by atoms with Crippen LogP contribution >= 0.6 is 0 Å². The lowest BCUT2D eigenvalue weighted by Crippen LogP contribution is -2.28. The summed E-state index contributed by atoms with van der Waals surface area (Å²) in [7, 11) is 0. The third-order valence-electron chi connectivity index (χ3n) is 3.66. The van der Waals surface area contributed by atoms with E-state index in [0.717, 1.165) is 11.1 Å². The van der Waals surface area contributed by atoms with E-state index < -0.39 is 0 Å². The van der Waals surface area contributed by atoms with Gasteiger partial charge < -0.3 is 16.0 Å². The van der Waals surface area contributed by atoms with Crippen molar-refractivity contribution >= 4 is 23.3 Å². The predicted octanol–water partition coefficient (Wildman–Crippen LogP) is 3.85. The first kappa shape index (κ1) is 18.4. The molecule has 0 aromatic heterocycles. The monoisotopic (exact) mass is 343 g/mol. The number of hydrogen-bond acceptors (Lipinski definition) is 2. The molecule has 132 valence electrons. The number of urea groups is 1. The van der Waals surface area contributed by atoms with E-state index in [4.69, 9.17) is 0 Å². The van der Waals surface area contributed by atoms with Crippen LogP contribution in [-0.4, -0.2) is 18.5 Å². The lowest BCUT2D eigenvalue weighted by Gasteiger charge is -2.12. The fourth-order valence-electron chi connectivity index (χ4n) is 2.29. The van der Waals surface area contributed by atoms with Gasteiger partial charge in [0.05, 0.1) is 0 Å². The normalized spacial score (nSPS) is 10.2. The Kier molecular flexibility index (Phi) is 6.51. The van der Waals surface area contributed by atoms with E-state index in [1.807, 2.05) is 19.9 Å². The number of nitrogens with one attached hydrogen (secondary N) is 3. The number of aryl methyl sites for hydroxylation is 2. The molecule has 0 aliphatic carbocycles. The Bertz CT molecular complexity index is 745. The number of carbonyl (C=O) groups is 2. The van der Waals surface area contributed by atoms with Gasteiger partial charge in [-0.2, -0.15) is 0 Å². The molecular formula is C19H22FN3O2. The zero-order valence-electron chi connectivity index (χ0n) is 14.4. The molecular weight excluding hydrogens is 321 g/mol. The van der Waals surface area contributed by atoms with Gasteiger partial charge in [-0.1, -0.05) is 18.2 Å². The first-order valence-corrected chi connectivity index (χ1v) is 8.17. The number of carbonyl (C=O) groups excluding carboxylic acids is 2. The number of rotatable bonds is 6. The van der Waals surface area contributed by atoms with Gasteiger partial charge in [-0.25, -0.2) is 9.18 Å². The zero-order chi connectivity index (χ0) is 18.2. The summed E-state index contributed by atoms with van der Waals surface area (Å²) >= 11 is 0. The number of halogens is 1. The zero-order valence-corrected chi connectivity index (χ0v) is 14.4. The SMILES string of the molecule is CCNC(=O)Nc1ccc(C)c(NC(=O)CCc2ccc(F)cc2)c1. The summed E-state index contributed by atoms with van der Waals surface area (Å²) in [6, 6.07) is 11.1. The van der Waals surface area contributed by atoms with E-state index in [0.29, 0.717) is 30.8 Å². The van der Waals surface area contributed by atoms with Crippen molar-refractivity contribution in [2.75, 3.05) is 17.2 Å². The number of anilines is 2. The van der Waals surface area contributed by atoms with Crippen LogP contribution in [0.5, 0.6) is 0 Å². The predicted molar refractivity (Wildman–Crippen MR) is 97.2 cm³/mol. The third-order valence-corrected chi connectivity index (χ3v) is 3.66. The molecule has 0 atom stereocenters. The lowest BCUT2D eigenvalue weighted by molar-refractivity contribution is -0.116. The molecule has 5 nitrogen and oxygen atoms in total. The fourth-order valence-corrected chi connectivity index (χ4v) is 2.29. The molecule has 0 spiro atoms. The van der Waals surface area contributed by atoms with Crippen molar-refractivity contribution < 1.29 is 14.0 Å². The summed E-state index contributed by atoms with van der Waals surface area (Å²) in [5, 5.41) is 8.21. The van der Waals surface area contributed by atoms with Crippen LogP contribution < -0.4 is 16.0 Å². The smallest absolute Gasteiger partial charge is 0.319 e. The Morgan fingerprint density at radius 3 is 2.44 bits per heavy atom. The summed E-state index contributed by atoms with van der Waals surface area (Å²) in [6.07, 6.45) is 0.820. The van der Waals surface area contributed by atoms with E-state index in [1.165, 1.54) is 12.1 Å². The van der Waals surface area contributed by atoms with Gasteiger partial charge in [-0.15, -0.1) is 0 Å². The van der Waals surface area contributed by atoms with Crippen LogP contribution in [0.3, 0.4) is 0 Å². The summed E-state index contributed by atoms with van der Waals surface area (Å²) < 4.78 is 12.9. The fraction of sp³-hybridized carbons (Fsp3) is 0.263. The molecule has 0 saturated heterocycles. The molecule has 0 bridgehead atoms. The molecule has 0 saturated carbocycles. The van der Waals surface area contributed by atoms with Crippen molar-refractivity contribution in [1.29, 1.82) is 0 Å². The first-order chi connectivity index (χ1) is 12.0. The van der Waals surface area contributed by atoms with Gasteiger partial charge in [-0.05, 0) is 55.7 Å². The Morgan fingerprint density at radius 2 is 1.76 bits per heavy atom. The first-order valence-electron chi connectivity index (χ1n) is 8.17. The van der Waals surface area contributed by atoms with Crippen LogP contribution in [0.2, 0.25) is 0 Å². The van der Waals surface area contributed by atoms with Crippen LogP contribution in [0.15, 0.2) is 42.5 Å². The highest BCUT2D eigenvalue weighted by molar-refractivity contribution is 5.94. The second kappa shape index (κ2) is 8.82. The van der Waals surface area contributed by atoms with Crippen molar-refractivity contribution in [1.82, 2.24) is 5.32 Å². The minimum atomic E-state index is -0.292. The van der Waals surface area contributed by atoms with Crippen molar-refractivity contribution in [2.24, 2.45) is 0 Å². The maximum Gasteiger partial charge on any atom is 0.319 e. The average molecular weight is 343 g/mol. The van der Waals surface area contributed by atoms with E-state index in [2.05, 4.69) is 16.0 Å².